The van der Waals surface area contributed by atoms with Crippen LogP contribution in [-0.4, -0.2) is 46.5 Å². The summed E-state index contributed by atoms with van der Waals surface area (Å²) in [6.07, 6.45) is -7.22. The molecule has 436 valence electrons. The Hall–Kier alpha value is -8.64. The fourth-order valence-corrected chi connectivity index (χ4v) is 13.7. The molecule has 0 fully saturated rings. The molecule has 0 radical (unpaired) electrons. The monoisotopic (exact) mass is 1260 g/mol. The summed E-state index contributed by atoms with van der Waals surface area (Å²) in [5.41, 5.74) is -14.3. The Morgan fingerprint density at radius 1 is 0.238 bits per heavy atom. The van der Waals surface area contributed by atoms with E-state index in [4.69, 9.17) is 18.9 Å². The topological polar surface area (TPSA) is 36.9 Å². The van der Waals surface area contributed by atoms with Crippen LogP contribution in [0, 0.1) is 116 Å². The Morgan fingerprint density at radius 3 is 0.726 bits per heavy atom. The van der Waals surface area contributed by atoms with Gasteiger partial charge in [0, 0.05) is 0 Å². The molecule has 0 saturated heterocycles. The summed E-state index contributed by atoms with van der Waals surface area (Å²) in [4.78, 5) is 0. The van der Waals surface area contributed by atoms with E-state index in [9.17, 15) is 52.7 Å². The van der Waals surface area contributed by atoms with E-state index < -0.39 is 158 Å². The van der Waals surface area contributed by atoms with Gasteiger partial charge in [0.15, 0.2) is 69.8 Å². The molecule has 0 heterocycles. The van der Waals surface area contributed by atoms with Crippen molar-refractivity contribution in [2.75, 3.05) is 26.4 Å². The van der Waals surface area contributed by atoms with Crippen LogP contribution in [0.5, 0.6) is 23.0 Å². The van der Waals surface area contributed by atoms with Crippen molar-refractivity contribution in [2.24, 2.45) is 0 Å². The Morgan fingerprint density at radius 2 is 0.452 bits per heavy atom. The summed E-state index contributed by atoms with van der Waals surface area (Å²) in [5, 5.41) is 0. The second-order valence-electron chi connectivity index (χ2n) is 17.3. The van der Waals surface area contributed by atoms with Crippen molar-refractivity contribution in [3.63, 3.8) is 0 Å². The van der Waals surface area contributed by atoms with Gasteiger partial charge in [-0.2, -0.15) is 0 Å². The van der Waals surface area contributed by atoms with Crippen LogP contribution in [0.2, 0.25) is 0 Å². The van der Waals surface area contributed by atoms with Crippen molar-refractivity contribution in [3.05, 3.63) is 256 Å². The molecule has 4 nitrogen and oxygen atoms in total. The number of benzene rings is 9. The molecule has 84 heavy (non-hydrogen) atoms. The Kier molecular flexibility index (Phi) is 18.9. The SMILES string of the molecule is Fc1c(F)c(F)c([B-](c2c(F)c(F)c(F)c(F)c2F)(c2c(F)c(F)c(F)c(F)c2F)c2c(F)c(F)c(F)c(F)c2F)c(F)c1F.c1ccc(OCCOc2ccccc2[Se+](c2ccccc2)c2ccccc2OCCOc2ccccc2)cc1. The zero-order valence-electron chi connectivity index (χ0n) is 41.8. The van der Waals surface area contributed by atoms with E-state index in [1.165, 1.54) is 13.4 Å². The van der Waals surface area contributed by atoms with Crippen molar-refractivity contribution in [3.8, 4) is 23.0 Å². The Labute approximate surface area is 465 Å². The predicted molar refractivity (Wildman–Crippen MR) is 268 cm³/mol. The van der Waals surface area contributed by atoms with E-state index in [2.05, 4.69) is 66.7 Å². The molecule has 0 aliphatic rings. The molecule has 9 aromatic rings. The molecule has 0 aromatic heterocycles. The summed E-state index contributed by atoms with van der Waals surface area (Å²) < 4.78 is 322. The number of rotatable bonds is 17. The van der Waals surface area contributed by atoms with E-state index >= 15 is 35.1 Å². The predicted octanol–water partition coefficient (Wildman–Crippen LogP) is 11.0. The van der Waals surface area contributed by atoms with Crippen LogP contribution in [0.4, 0.5) is 87.8 Å². The van der Waals surface area contributed by atoms with Crippen LogP contribution in [0.25, 0.3) is 0 Å². The van der Waals surface area contributed by atoms with Crippen LogP contribution in [0.3, 0.4) is 0 Å². The van der Waals surface area contributed by atoms with Gasteiger partial charge in [-0.1, -0.05) is 0 Å². The van der Waals surface area contributed by atoms with Crippen LogP contribution >= 0.6 is 0 Å². The van der Waals surface area contributed by atoms with Crippen LogP contribution in [0.15, 0.2) is 140 Å². The quantitative estimate of drug-likeness (QED) is 0.0299. The van der Waals surface area contributed by atoms with Gasteiger partial charge in [0.2, 0.25) is 0 Å². The molecule has 9 aromatic carbocycles. The molecular weight excluding hydrogens is 1230 g/mol. The number of hydrogen-bond donors (Lipinski definition) is 0. The fourth-order valence-electron chi connectivity index (χ4n) is 8.94. The van der Waals surface area contributed by atoms with Crippen LogP contribution < -0.4 is 54.2 Å². The zero-order chi connectivity index (χ0) is 60.9. The van der Waals surface area contributed by atoms with E-state index in [1.807, 2.05) is 72.8 Å². The first-order valence-corrected chi connectivity index (χ1v) is 26.5. The van der Waals surface area contributed by atoms with Crippen molar-refractivity contribution < 1.29 is 107 Å². The Bertz CT molecular complexity index is 3410. The van der Waals surface area contributed by atoms with Gasteiger partial charge in [-0.15, -0.1) is 21.9 Å². The van der Waals surface area contributed by atoms with E-state index in [1.54, 1.807) is 0 Å². The normalized spacial score (nSPS) is 11.4. The summed E-state index contributed by atoms with van der Waals surface area (Å²) in [5.74, 6) is -68.0. The number of halogens is 20. The molecular formula is C58H31BF20O4Se. The molecule has 0 saturated carbocycles. The first kappa shape index (κ1) is 61.4. The van der Waals surface area contributed by atoms with Gasteiger partial charge in [0.25, 0.3) is 0 Å². The van der Waals surface area contributed by atoms with Gasteiger partial charge in [-0.25, -0.2) is 87.8 Å². The van der Waals surface area contributed by atoms with Crippen LogP contribution in [0.1, 0.15) is 0 Å². The molecule has 0 aliphatic heterocycles. The van der Waals surface area contributed by atoms with Gasteiger partial charge < -0.3 is 0 Å². The summed E-state index contributed by atoms with van der Waals surface area (Å²) in [7, 11) is 0. The molecule has 0 atom stereocenters. The minimum absolute atomic E-state index is 0.453. The molecule has 0 amide bonds. The number of hydrogen-bond acceptors (Lipinski definition) is 4. The van der Waals surface area contributed by atoms with Crippen LogP contribution in [-0.2, 0) is 0 Å². The Balaban J connectivity index is 0.000000221. The third kappa shape index (κ3) is 11.4. The summed E-state index contributed by atoms with van der Waals surface area (Å²) >= 11 is -1.76. The van der Waals surface area contributed by atoms with Gasteiger partial charge in [-0.3, -0.25) is 0 Å². The van der Waals surface area contributed by atoms with Crippen molar-refractivity contribution >= 4 is 55.3 Å². The van der Waals surface area contributed by atoms with Gasteiger partial charge in [0.05, 0.1) is 0 Å². The minimum atomic E-state index is -7.22. The summed E-state index contributed by atoms with van der Waals surface area (Å²) in [6, 6.07) is 47.0. The van der Waals surface area contributed by atoms with Crippen molar-refractivity contribution in [1.29, 1.82) is 0 Å². The van der Waals surface area contributed by atoms with Crippen molar-refractivity contribution in [1.82, 2.24) is 0 Å². The molecule has 0 aliphatic carbocycles. The third-order valence-corrected chi connectivity index (χ3v) is 17.4. The maximum atomic E-state index is 15.4. The van der Waals surface area contributed by atoms with E-state index in [-0.39, 0.29) is 0 Å². The maximum absolute atomic E-state index is 15.4. The number of ether oxygens (including phenoxy) is 4. The van der Waals surface area contributed by atoms with Crippen molar-refractivity contribution in [2.45, 2.75) is 0 Å². The average molecular weight is 1260 g/mol. The third-order valence-electron chi connectivity index (χ3n) is 12.5. The van der Waals surface area contributed by atoms with Gasteiger partial charge in [-0.05, 0) is 0 Å². The first-order chi connectivity index (χ1) is 40.1. The molecule has 9 rings (SSSR count). The van der Waals surface area contributed by atoms with Gasteiger partial charge in [0.1, 0.15) is 52.7 Å². The molecule has 0 N–H and O–H groups in total. The van der Waals surface area contributed by atoms with E-state index in [0.717, 1.165) is 23.0 Å². The standard InChI is InChI=1S/C34H31O4Se.C24BF20/c1-4-14-28(15-5-1)35-24-26-37-31-20-10-12-22-33(31)39(30-18-8-3-9-19-30)34-23-13-11-21-32(34)38-27-25-36-29-16-6-2-7-17-29;26-5-1(6(27)14(35)21(42)13(5)34)25(2-7(28)15(36)22(43)16(37)8(2)29,3-9(30)17(38)23(44)18(39)10(3)31)4-11(32)19(40)24(45)20(41)12(4)33/h1-23H,24-27H2;/q+1;-1. The number of para-hydroxylation sites is 4. The molecule has 26 heteroatoms. The second kappa shape index (κ2) is 25.9. The molecule has 0 spiro atoms. The first-order valence-electron chi connectivity index (χ1n) is 23.9. The average Bonchev–Trinajstić information content (AvgIpc) is 0.726. The van der Waals surface area contributed by atoms with E-state index in [0.29, 0.717) is 26.4 Å². The fraction of sp³-hybridized carbons (Fsp3) is 0.0690. The zero-order valence-corrected chi connectivity index (χ0v) is 43.5. The second-order valence-corrected chi connectivity index (χ2v) is 21.5. The molecule has 0 bridgehead atoms. The molecule has 0 unspecified atom stereocenters. The summed E-state index contributed by atoms with van der Waals surface area (Å²) in [6.45, 7) is 1.84. The van der Waals surface area contributed by atoms with Gasteiger partial charge >= 0.3 is 235 Å².